The Kier molecular flexibility index (Phi) is 2.91. The first-order valence-electron chi connectivity index (χ1n) is 4.57. The van der Waals surface area contributed by atoms with Crippen LogP contribution in [0.25, 0.3) is 11.1 Å². The van der Waals surface area contributed by atoms with Gasteiger partial charge in [-0.2, -0.15) is 11.3 Å². The number of pyridine rings is 1. The molecule has 2 nitrogen and oxygen atoms in total. The van der Waals surface area contributed by atoms with E-state index in [0.717, 1.165) is 6.42 Å². The molecule has 0 fully saturated rings. The average molecular weight is 204 g/mol. The quantitative estimate of drug-likeness (QED) is 0.833. The lowest BCUT2D eigenvalue weighted by atomic mass is 10.0. The SMILES string of the molecule is NCCc1cnccc1-c1ccsc1. The molecule has 0 aliphatic carbocycles. The Morgan fingerprint density at radius 2 is 2.29 bits per heavy atom. The molecule has 0 unspecified atom stereocenters. The maximum atomic E-state index is 5.56. The van der Waals surface area contributed by atoms with E-state index in [4.69, 9.17) is 5.73 Å². The standard InChI is InChI=1S/C11H12N2S/c12-4-1-9-7-13-5-2-11(9)10-3-6-14-8-10/h2-3,5-8H,1,4,12H2. The molecular formula is C11H12N2S. The van der Waals surface area contributed by atoms with E-state index in [9.17, 15) is 0 Å². The van der Waals surface area contributed by atoms with E-state index >= 15 is 0 Å². The van der Waals surface area contributed by atoms with Gasteiger partial charge in [0.15, 0.2) is 0 Å². The molecule has 72 valence electrons. The van der Waals surface area contributed by atoms with Gasteiger partial charge < -0.3 is 5.73 Å². The van der Waals surface area contributed by atoms with Crippen molar-refractivity contribution < 1.29 is 0 Å². The van der Waals surface area contributed by atoms with Crippen LogP contribution in [0.2, 0.25) is 0 Å². The summed E-state index contributed by atoms with van der Waals surface area (Å²) < 4.78 is 0. The van der Waals surface area contributed by atoms with Crippen molar-refractivity contribution in [3.63, 3.8) is 0 Å². The molecule has 0 saturated heterocycles. The monoisotopic (exact) mass is 204 g/mol. The van der Waals surface area contributed by atoms with Gasteiger partial charge in [0.05, 0.1) is 0 Å². The van der Waals surface area contributed by atoms with Gasteiger partial charge in [-0.25, -0.2) is 0 Å². The van der Waals surface area contributed by atoms with E-state index in [0.29, 0.717) is 6.54 Å². The van der Waals surface area contributed by atoms with Crippen molar-refractivity contribution in [2.75, 3.05) is 6.54 Å². The fourth-order valence-electron chi connectivity index (χ4n) is 1.48. The summed E-state index contributed by atoms with van der Waals surface area (Å²) in [5.74, 6) is 0. The average Bonchev–Trinajstić information content (AvgIpc) is 2.72. The third-order valence-corrected chi connectivity index (χ3v) is 2.83. The maximum Gasteiger partial charge on any atom is 0.0306 e. The smallest absolute Gasteiger partial charge is 0.0306 e. The molecule has 14 heavy (non-hydrogen) atoms. The fraction of sp³-hybridized carbons (Fsp3) is 0.182. The lowest BCUT2D eigenvalue weighted by Crippen LogP contribution is -2.04. The number of nitrogens with two attached hydrogens (primary N) is 1. The van der Waals surface area contributed by atoms with Crippen molar-refractivity contribution in [2.45, 2.75) is 6.42 Å². The highest BCUT2D eigenvalue weighted by Crippen LogP contribution is 2.25. The summed E-state index contributed by atoms with van der Waals surface area (Å²) in [6.07, 6.45) is 4.62. The van der Waals surface area contributed by atoms with Gasteiger partial charge in [-0.3, -0.25) is 4.98 Å². The number of rotatable bonds is 3. The van der Waals surface area contributed by atoms with Crippen molar-refractivity contribution >= 4 is 11.3 Å². The van der Waals surface area contributed by atoms with Crippen LogP contribution in [0.1, 0.15) is 5.56 Å². The molecule has 0 spiro atoms. The summed E-state index contributed by atoms with van der Waals surface area (Å²) in [6, 6.07) is 4.17. The molecule has 0 atom stereocenters. The molecule has 2 rings (SSSR count). The summed E-state index contributed by atoms with van der Waals surface area (Å²) in [4.78, 5) is 4.12. The third-order valence-electron chi connectivity index (χ3n) is 2.15. The Morgan fingerprint density at radius 1 is 1.36 bits per heavy atom. The third kappa shape index (κ3) is 1.84. The second-order valence-electron chi connectivity index (χ2n) is 3.08. The van der Waals surface area contributed by atoms with E-state index in [2.05, 4.69) is 21.8 Å². The molecular weight excluding hydrogens is 192 g/mol. The normalized spacial score (nSPS) is 10.4. The highest BCUT2D eigenvalue weighted by molar-refractivity contribution is 7.08. The van der Waals surface area contributed by atoms with Gasteiger partial charge in [0.1, 0.15) is 0 Å². The van der Waals surface area contributed by atoms with Gasteiger partial charge in [-0.15, -0.1) is 0 Å². The summed E-state index contributed by atoms with van der Waals surface area (Å²) in [7, 11) is 0. The molecule has 2 aromatic heterocycles. The molecule has 0 aliphatic heterocycles. The van der Waals surface area contributed by atoms with Crippen LogP contribution < -0.4 is 5.73 Å². The van der Waals surface area contributed by atoms with Crippen molar-refractivity contribution in [1.82, 2.24) is 4.98 Å². The lowest BCUT2D eigenvalue weighted by Gasteiger charge is -2.05. The van der Waals surface area contributed by atoms with Crippen LogP contribution in [0.4, 0.5) is 0 Å². The van der Waals surface area contributed by atoms with Crippen LogP contribution in [-0.4, -0.2) is 11.5 Å². The zero-order valence-electron chi connectivity index (χ0n) is 7.81. The Hall–Kier alpha value is -1.19. The van der Waals surface area contributed by atoms with Crippen molar-refractivity contribution in [3.8, 4) is 11.1 Å². The predicted molar refractivity (Wildman–Crippen MR) is 60.3 cm³/mol. The molecule has 2 heterocycles. The minimum absolute atomic E-state index is 0.669. The second kappa shape index (κ2) is 4.35. The van der Waals surface area contributed by atoms with Crippen LogP contribution in [0.15, 0.2) is 35.3 Å². The number of hydrogen-bond acceptors (Lipinski definition) is 3. The summed E-state index contributed by atoms with van der Waals surface area (Å²) in [5.41, 5.74) is 9.31. The van der Waals surface area contributed by atoms with Crippen LogP contribution in [0, 0.1) is 0 Å². The van der Waals surface area contributed by atoms with E-state index in [-0.39, 0.29) is 0 Å². The molecule has 0 radical (unpaired) electrons. The highest BCUT2D eigenvalue weighted by Gasteiger charge is 2.03. The number of thiophene rings is 1. The molecule has 2 N–H and O–H groups in total. The molecule has 2 aromatic rings. The largest absolute Gasteiger partial charge is 0.330 e. The molecule has 0 saturated carbocycles. The molecule has 3 heteroatoms. The topological polar surface area (TPSA) is 38.9 Å². The molecule has 0 aromatic carbocycles. The number of nitrogens with zero attached hydrogens (tertiary/aromatic N) is 1. The van der Waals surface area contributed by atoms with Gasteiger partial charge in [0.2, 0.25) is 0 Å². The van der Waals surface area contributed by atoms with E-state index in [1.807, 2.05) is 18.5 Å². The molecule has 0 bridgehead atoms. The predicted octanol–water partition coefficient (Wildman–Crippen LogP) is 2.31. The fourth-order valence-corrected chi connectivity index (χ4v) is 2.14. The first-order chi connectivity index (χ1) is 6.92. The van der Waals surface area contributed by atoms with Crippen LogP contribution >= 0.6 is 11.3 Å². The van der Waals surface area contributed by atoms with Gasteiger partial charge in [0.25, 0.3) is 0 Å². The van der Waals surface area contributed by atoms with Gasteiger partial charge in [0, 0.05) is 12.4 Å². The van der Waals surface area contributed by atoms with E-state index < -0.39 is 0 Å². The zero-order valence-corrected chi connectivity index (χ0v) is 8.63. The Labute approximate surface area is 87.4 Å². The van der Waals surface area contributed by atoms with Crippen molar-refractivity contribution in [2.24, 2.45) is 5.73 Å². The van der Waals surface area contributed by atoms with Crippen molar-refractivity contribution in [1.29, 1.82) is 0 Å². The van der Waals surface area contributed by atoms with Gasteiger partial charge in [-0.05, 0) is 52.5 Å². The Balaban J connectivity index is 2.42. The first-order valence-corrected chi connectivity index (χ1v) is 5.51. The first kappa shape index (κ1) is 9.37. The van der Waals surface area contributed by atoms with Gasteiger partial charge in [-0.1, -0.05) is 0 Å². The summed E-state index contributed by atoms with van der Waals surface area (Å²) >= 11 is 1.71. The molecule has 0 aliphatic rings. The lowest BCUT2D eigenvalue weighted by molar-refractivity contribution is 0.961. The van der Waals surface area contributed by atoms with Gasteiger partial charge >= 0.3 is 0 Å². The Bertz CT molecular complexity index is 395. The zero-order chi connectivity index (χ0) is 9.80. The Morgan fingerprint density at radius 3 is 3.00 bits per heavy atom. The summed E-state index contributed by atoms with van der Waals surface area (Å²) in [6.45, 7) is 0.669. The van der Waals surface area contributed by atoms with Crippen LogP contribution in [0.3, 0.4) is 0 Å². The minimum Gasteiger partial charge on any atom is -0.330 e. The van der Waals surface area contributed by atoms with Crippen molar-refractivity contribution in [3.05, 3.63) is 40.8 Å². The van der Waals surface area contributed by atoms with E-state index in [1.165, 1.54) is 16.7 Å². The minimum atomic E-state index is 0.669. The van der Waals surface area contributed by atoms with Crippen LogP contribution in [-0.2, 0) is 6.42 Å². The number of hydrogen-bond donors (Lipinski definition) is 1. The second-order valence-corrected chi connectivity index (χ2v) is 3.86. The maximum absolute atomic E-state index is 5.56. The number of aromatic nitrogens is 1. The molecule has 0 amide bonds. The summed E-state index contributed by atoms with van der Waals surface area (Å²) in [5, 5.41) is 4.23. The highest BCUT2D eigenvalue weighted by atomic mass is 32.1. The van der Waals surface area contributed by atoms with E-state index in [1.54, 1.807) is 11.3 Å². The van der Waals surface area contributed by atoms with Crippen LogP contribution in [0.5, 0.6) is 0 Å².